The zero-order chi connectivity index (χ0) is 8.27. The van der Waals surface area contributed by atoms with Gasteiger partial charge in [-0.25, -0.2) is 15.7 Å². The number of rotatable bonds is 2. The summed E-state index contributed by atoms with van der Waals surface area (Å²) < 4.78 is 0. The standard InChI is InChI=1S/C4H6BrN5O/c5-1-2-3(8-6)7-4(11)10-9-2/h1,6H2,(H2,7,8,10,11). The maximum Gasteiger partial charge on any atom is 0.363 e. The Hall–Kier alpha value is -0.950. The third-order valence-corrected chi connectivity index (χ3v) is 1.57. The molecule has 0 amide bonds. The number of alkyl halides is 1. The fourth-order valence-corrected chi connectivity index (χ4v) is 0.959. The van der Waals surface area contributed by atoms with Crippen LogP contribution in [-0.2, 0) is 5.33 Å². The lowest BCUT2D eigenvalue weighted by molar-refractivity contribution is 0.875. The molecule has 1 aromatic rings. The van der Waals surface area contributed by atoms with Crippen LogP contribution in [0.1, 0.15) is 5.69 Å². The summed E-state index contributed by atoms with van der Waals surface area (Å²) >= 11 is 3.15. The first kappa shape index (κ1) is 8.15. The van der Waals surface area contributed by atoms with Crippen LogP contribution in [0.3, 0.4) is 0 Å². The van der Waals surface area contributed by atoms with E-state index in [1.807, 2.05) is 0 Å². The second kappa shape index (κ2) is 3.44. The maximum absolute atomic E-state index is 10.6. The molecule has 0 aliphatic heterocycles. The van der Waals surface area contributed by atoms with Crippen LogP contribution in [-0.4, -0.2) is 15.2 Å². The minimum Gasteiger partial charge on any atom is -0.307 e. The zero-order valence-electron chi connectivity index (χ0n) is 5.47. The lowest BCUT2D eigenvalue weighted by atomic mass is 10.5. The Morgan fingerprint density at radius 2 is 2.45 bits per heavy atom. The summed E-state index contributed by atoms with van der Waals surface area (Å²) in [5.74, 6) is 5.35. The predicted molar refractivity (Wildman–Crippen MR) is 43.1 cm³/mol. The molecule has 7 heteroatoms. The fraction of sp³-hybridized carbons (Fsp3) is 0.250. The van der Waals surface area contributed by atoms with Crippen LogP contribution in [0.4, 0.5) is 5.82 Å². The molecule has 0 aliphatic carbocycles. The van der Waals surface area contributed by atoms with E-state index in [1.165, 1.54) is 0 Å². The van der Waals surface area contributed by atoms with E-state index in [0.717, 1.165) is 0 Å². The largest absolute Gasteiger partial charge is 0.363 e. The quantitative estimate of drug-likeness (QED) is 0.349. The summed E-state index contributed by atoms with van der Waals surface area (Å²) in [6.07, 6.45) is 0. The van der Waals surface area contributed by atoms with Crippen LogP contribution < -0.4 is 17.0 Å². The van der Waals surface area contributed by atoms with Crippen molar-refractivity contribution >= 4 is 21.7 Å². The number of H-pyrrole nitrogens is 1. The molecule has 0 aromatic carbocycles. The van der Waals surface area contributed by atoms with Gasteiger partial charge < -0.3 is 5.43 Å². The van der Waals surface area contributed by atoms with E-state index >= 15 is 0 Å². The molecule has 6 nitrogen and oxygen atoms in total. The number of hydrogen-bond donors (Lipinski definition) is 3. The predicted octanol–water partition coefficient (Wildman–Crippen LogP) is -0.655. The molecule has 0 unspecified atom stereocenters. The van der Waals surface area contributed by atoms with Gasteiger partial charge in [-0.2, -0.15) is 10.1 Å². The molecule has 0 spiro atoms. The van der Waals surface area contributed by atoms with Crippen molar-refractivity contribution in [2.45, 2.75) is 5.33 Å². The number of halogens is 1. The number of aromatic nitrogens is 3. The molecule has 0 fully saturated rings. The third kappa shape index (κ3) is 1.75. The van der Waals surface area contributed by atoms with Gasteiger partial charge in [0.25, 0.3) is 0 Å². The van der Waals surface area contributed by atoms with Gasteiger partial charge in [0.05, 0.1) is 5.33 Å². The van der Waals surface area contributed by atoms with Crippen molar-refractivity contribution in [1.29, 1.82) is 0 Å². The Kier molecular flexibility index (Phi) is 2.55. The SMILES string of the molecule is NNc1nc(=O)[nH]nc1CBr. The van der Waals surface area contributed by atoms with Gasteiger partial charge in [0.1, 0.15) is 5.69 Å². The van der Waals surface area contributed by atoms with Crippen LogP contribution in [0.15, 0.2) is 4.79 Å². The molecule has 0 saturated heterocycles. The number of nitrogens with zero attached hydrogens (tertiary/aromatic N) is 2. The minimum absolute atomic E-state index is 0.283. The lowest BCUT2D eigenvalue weighted by Gasteiger charge is -2.00. The van der Waals surface area contributed by atoms with Gasteiger partial charge in [0, 0.05) is 0 Å². The molecule has 0 bridgehead atoms. The number of anilines is 1. The van der Waals surface area contributed by atoms with Crippen molar-refractivity contribution in [3.63, 3.8) is 0 Å². The van der Waals surface area contributed by atoms with E-state index < -0.39 is 5.69 Å². The smallest absolute Gasteiger partial charge is 0.307 e. The molecule has 4 N–H and O–H groups in total. The van der Waals surface area contributed by atoms with Crippen LogP contribution in [0.2, 0.25) is 0 Å². The van der Waals surface area contributed by atoms with Crippen LogP contribution in [0.25, 0.3) is 0 Å². The van der Waals surface area contributed by atoms with Gasteiger partial charge in [-0.15, -0.1) is 0 Å². The first-order valence-corrected chi connectivity index (χ1v) is 3.88. The molecule has 0 atom stereocenters. The van der Waals surface area contributed by atoms with Crippen LogP contribution in [0, 0.1) is 0 Å². The summed E-state index contributed by atoms with van der Waals surface area (Å²) in [4.78, 5) is 14.1. The van der Waals surface area contributed by atoms with E-state index in [0.29, 0.717) is 11.0 Å². The fourth-order valence-electron chi connectivity index (χ4n) is 0.568. The lowest BCUT2D eigenvalue weighted by Crippen LogP contribution is -2.20. The summed E-state index contributed by atoms with van der Waals surface area (Å²) in [5.41, 5.74) is 2.30. The average molecular weight is 220 g/mol. The second-order valence-electron chi connectivity index (χ2n) is 1.71. The highest BCUT2D eigenvalue weighted by atomic mass is 79.9. The van der Waals surface area contributed by atoms with E-state index in [1.54, 1.807) is 0 Å². The number of hydrazine groups is 1. The number of aromatic amines is 1. The van der Waals surface area contributed by atoms with E-state index in [9.17, 15) is 4.79 Å². The molecule has 0 radical (unpaired) electrons. The summed E-state index contributed by atoms with van der Waals surface area (Å²) in [6, 6.07) is 0. The molecular weight excluding hydrogens is 214 g/mol. The van der Waals surface area contributed by atoms with Gasteiger partial charge in [-0.3, -0.25) is 0 Å². The zero-order valence-corrected chi connectivity index (χ0v) is 7.05. The molecule has 1 heterocycles. The average Bonchev–Trinajstić information content (AvgIpc) is 2.04. The number of hydrogen-bond acceptors (Lipinski definition) is 5. The maximum atomic E-state index is 10.6. The first-order valence-electron chi connectivity index (χ1n) is 2.76. The minimum atomic E-state index is -0.525. The van der Waals surface area contributed by atoms with Crippen molar-refractivity contribution in [1.82, 2.24) is 15.2 Å². The van der Waals surface area contributed by atoms with E-state index in [4.69, 9.17) is 5.84 Å². The van der Waals surface area contributed by atoms with Crippen molar-refractivity contribution in [2.24, 2.45) is 5.84 Å². The monoisotopic (exact) mass is 219 g/mol. The van der Waals surface area contributed by atoms with E-state index in [2.05, 4.69) is 36.5 Å². The Balaban J connectivity index is 3.16. The van der Waals surface area contributed by atoms with Gasteiger partial charge >= 0.3 is 5.69 Å². The van der Waals surface area contributed by atoms with Crippen LogP contribution >= 0.6 is 15.9 Å². The second-order valence-corrected chi connectivity index (χ2v) is 2.27. The van der Waals surface area contributed by atoms with Crippen LogP contribution in [0.5, 0.6) is 0 Å². The number of nitrogen functional groups attached to an aromatic ring is 1. The number of nitrogens with one attached hydrogen (secondary N) is 2. The highest BCUT2D eigenvalue weighted by molar-refractivity contribution is 9.08. The van der Waals surface area contributed by atoms with Gasteiger partial charge in [0.15, 0.2) is 5.82 Å². The molecule has 60 valence electrons. The van der Waals surface area contributed by atoms with Crippen molar-refractivity contribution < 1.29 is 0 Å². The summed E-state index contributed by atoms with van der Waals surface area (Å²) in [6.45, 7) is 0. The van der Waals surface area contributed by atoms with Gasteiger partial charge in [0.2, 0.25) is 0 Å². The van der Waals surface area contributed by atoms with Gasteiger partial charge in [-0.05, 0) is 0 Å². The highest BCUT2D eigenvalue weighted by Gasteiger charge is 2.02. The normalized spacial score (nSPS) is 9.64. The van der Waals surface area contributed by atoms with Crippen molar-refractivity contribution in [3.05, 3.63) is 16.2 Å². The third-order valence-electron chi connectivity index (χ3n) is 1.04. The summed E-state index contributed by atoms with van der Waals surface area (Å²) in [7, 11) is 0. The Bertz CT molecular complexity index is 297. The molecule has 1 aromatic heterocycles. The van der Waals surface area contributed by atoms with Gasteiger partial charge in [-0.1, -0.05) is 15.9 Å². The highest BCUT2D eigenvalue weighted by Crippen LogP contribution is 2.07. The van der Waals surface area contributed by atoms with Crippen molar-refractivity contribution in [3.8, 4) is 0 Å². The molecule has 11 heavy (non-hydrogen) atoms. The number of nitrogens with two attached hydrogens (primary N) is 1. The summed E-state index contributed by atoms with van der Waals surface area (Å²) in [5, 5.41) is 6.34. The topological polar surface area (TPSA) is 96.7 Å². The first-order chi connectivity index (χ1) is 5.27. The molecule has 1 rings (SSSR count). The Morgan fingerprint density at radius 3 is 3.00 bits per heavy atom. The molecule has 0 aliphatic rings. The molecular formula is C4H6BrN5O. The van der Waals surface area contributed by atoms with Crippen molar-refractivity contribution in [2.75, 3.05) is 5.43 Å². The molecule has 0 saturated carbocycles. The Morgan fingerprint density at radius 1 is 1.73 bits per heavy atom. The Labute approximate surface area is 70.3 Å². The van der Waals surface area contributed by atoms with E-state index in [-0.39, 0.29) is 5.82 Å².